The molecule has 0 radical (unpaired) electrons. The lowest BCUT2D eigenvalue weighted by Crippen LogP contribution is -2.00. The fraction of sp³-hybridized carbons (Fsp3) is 0.273. The van der Waals surface area contributed by atoms with E-state index in [0.29, 0.717) is 17.5 Å². The van der Waals surface area contributed by atoms with Gasteiger partial charge in [0.2, 0.25) is 4.47 Å². The zero-order valence-electron chi connectivity index (χ0n) is 8.97. The topological polar surface area (TPSA) is 55.2 Å². The molecule has 0 unspecified atom stereocenters. The zero-order chi connectivity index (χ0) is 12.1. The zero-order valence-corrected chi connectivity index (χ0v) is 10.5. The molecule has 0 spiro atoms. The summed E-state index contributed by atoms with van der Waals surface area (Å²) in [4.78, 5) is 0. The molecule has 0 amide bonds. The summed E-state index contributed by atoms with van der Waals surface area (Å²) in [7, 11) is 0. The highest BCUT2D eigenvalue weighted by Crippen LogP contribution is 2.21. The van der Waals surface area contributed by atoms with Gasteiger partial charge in [0.15, 0.2) is 5.01 Å². The van der Waals surface area contributed by atoms with Crippen molar-refractivity contribution in [3.8, 4) is 5.75 Å². The Labute approximate surface area is 108 Å². The molecule has 4 nitrogen and oxygen atoms in total. The maximum absolute atomic E-state index is 8.94. The van der Waals surface area contributed by atoms with Gasteiger partial charge in [-0.1, -0.05) is 29.5 Å². The van der Waals surface area contributed by atoms with E-state index in [1.165, 1.54) is 11.3 Å². The highest BCUT2D eigenvalue weighted by molar-refractivity contribution is 7.15. The van der Waals surface area contributed by atoms with Crippen LogP contribution < -0.4 is 4.74 Å². The lowest BCUT2D eigenvalue weighted by atomic mass is 10.1. The molecule has 0 atom stereocenters. The first kappa shape index (κ1) is 12.3. The van der Waals surface area contributed by atoms with Crippen LogP contribution in [0.15, 0.2) is 24.3 Å². The third-order valence-electron chi connectivity index (χ3n) is 2.15. The van der Waals surface area contributed by atoms with E-state index in [1.54, 1.807) is 0 Å². The van der Waals surface area contributed by atoms with Crippen LogP contribution in [0.4, 0.5) is 0 Å². The summed E-state index contributed by atoms with van der Waals surface area (Å²) >= 11 is 6.97. The fourth-order valence-electron chi connectivity index (χ4n) is 1.40. The fourth-order valence-corrected chi connectivity index (χ4v) is 2.18. The predicted octanol–water partition coefficient (Wildman–Crippen LogP) is 2.31. The number of halogens is 1. The average molecular weight is 271 g/mol. The molecule has 0 saturated heterocycles. The van der Waals surface area contributed by atoms with Crippen LogP contribution in [-0.2, 0) is 13.0 Å². The maximum Gasteiger partial charge on any atom is 0.207 e. The molecule has 0 fully saturated rings. The van der Waals surface area contributed by atoms with Crippen LogP contribution in [0.3, 0.4) is 0 Å². The highest BCUT2D eigenvalue weighted by atomic mass is 35.5. The van der Waals surface area contributed by atoms with Gasteiger partial charge in [-0.3, -0.25) is 0 Å². The van der Waals surface area contributed by atoms with E-state index < -0.39 is 0 Å². The lowest BCUT2D eigenvalue weighted by Gasteiger charge is -2.08. The third kappa shape index (κ3) is 3.39. The lowest BCUT2D eigenvalue weighted by molar-refractivity contribution is 0.283. The molecule has 90 valence electrons. The summed E-state index contributed by atoms with van der Waals surface area (Å²) in [5.74, 6) is 0.757. The smallest absolute Gasteiger partial charge is 0.207 e. The highest BCUT2D eigenvalue weighted by Gasteiger charge is 2.05. The van der Waals surface area contributed by atoms with Crippen LogP contribution in [0.5, 0.6) is 5.75 Å². The van der Waals surface area contributed by atoms with Crippen LogP contribution in [0.25, 0.3) is 0 Å². The summed E-state index contributed by atoms with van der Waals surface area (Å²) in [6.45, 7) is 0.442. The molecule has 2 aromatic rings. The predicted molar refractivity (Wildman–Crippen MR) is 66.5 cm³/mol. The number of nitrogens with zero attached hydrogens (tertiary/aromatic N) is 2. The molecule has 6 heteroatoms. The van der Waals surface area contributed by atoms with Crippen molar-refractivity contribution in [2.24, 2.45) is 0 Å². The summed E-state index contributed by atoms with van der Waals surface area (Å²) in [5, 5.41) is 17.2. The van der Waals surface area contributed by atoms with Crippen molar-refractivity contribution in [2.75, 3.05) is 6.61 Å². The van der Waals surface area contributed by atoms with Crippen LogP contribution in [0.2, 0.25) is 4.47 Å². The molecule has 0 aliphatic heterocycles. The molecule has 0 bridgehead atoms. The largest absolute Gasteiger partial charge is 0.486 e. The van der Waals surface area contributed by atoms with Gasteiger partial charge in [-0.05, 0) is 29.7 Å². The van der Waals surface area contributed by atoms with Gasteiger partial charge in [-0.2, -0.15) is 0 Å². The average Bonchev–Trinajstić information content (AvgIpc) is 2.74. The Morgan fingerprint density at radius 2 is 2.12 bits per heavy atom. The summed E-state index contributed by atoms with van der Waals surface area (Å²) in [6, 6.07) is 7.61. The standard InChI is InChI=1S/C11H11ClN2O2S/c12-11-14-13-10(17-11)7-16-9-4-2-1-3-8(9)5-6-15/h1-4,15H,5-7H2. The summed E-state index contributed by atoms with van der Waals surface area (Å²) < 4.78 is 6.04. The van der Waals surface area contributed by atoms with Crippen molar-refractivity contribution in [2.45, 2.75) is 13.0 Å². The number of hydrogen-bond donors (Lipinski definition) is 1. The van der Waals surface area contributed by atoms with Crippen LogP contribution in [0.1, 0.15) is 10.6 Å². The normalized spacial score (nSPS) is 10.5. The van der Waals surface area contributed by atoms with Crippen LogP contribution in [-0.4, -0.2) is 21.9 Å². The van der Waals surface area contributed by atoms with E-state index in [0.717, 1.165) is 16.3 Å². The molecule has 0 aliphatic carbocycles. The van der Waals surface area contributed by atoms with E-state index in [-0.39, 0.29) is 6.61 Å². The monoisotopic (exact) mass is 270 g/mol. The second-order valence-electron chi connectivity index (χ2n) is 3.32. The molecule has 17 heavy (non-hydrogen) atoms. The summed E-state index contributed by atoms with van der Waals surface area (Å²) in [5.41, 5.74) is 0.977. The maximum atomic E-state index is 8.94. The SMILES string of the molecule is OCCc1ccccc1OCc1nnc(Cl)s1. The van der Waals surface area contributed by atoms with Crippen molar-refractivity contribution in [1.29, 1.82) is 0 Å². The van der Waals surface area contributed by atoms with Crippen molar-refractivity contribution < 1.29 is 9.84 Å². The second-order valence-corrected chi connectivity index (χ2v) is 4.96. The quantitative estimate of drug-likeness (QED) is 0.906. The van der Waals surface area contributed by atoms with Crippen molar-refractivity contribution in [1.82, 2.24) is 10.2 Å². The minimum absolute atomic E-state index is 0.102. The first-order valence-electron chi connectivity index (χ1n) is 5.09. The van der Waals surface area contributed by atoms with Gasteiger partial charge < -0.3 is 9.84 Å². The van der Waals surface area contributed by atoms with E-state index in [4.69, 9.17) is 21.4 Å². The Morgan fingerprint density at radius 1 is 1.29 bits per heavy atom. The minimum atomic E-state index is 0.102. The minimum Gasteiger partial charge on any atom is -0.486 e. The number of aromatic nitrogens is 2. The number of ether oxygens (including phenoxy) is 1. The number of benzene rings is 1. The van der Waals surface area contributed by atoms with Crippen molar-refractivity contribution in [3.63, 3.8) is 0 Å². The Kier molecular flexibility index (Phi) is 4.30. The van der Waals surface area contributed by atoms with E-state index in [9.17, 15) is 0 Å². The van der Waals surface area contributed by atoms with Gasteiger partial charge in [0, 0.05) is 6.61 Å². The molecule has 1 aromatic carbocycles. The van der Waals surface area contributed by atoms with Gasteiger partial charge >= 0.3 is 0 Å². The van der Waals surface area contributed by atoms with Gasteiger partial charge in [0.1, 0.15) is 12.4 Å². The molecular formula is C11H11ClN2O2S. The molecule has 1 aromatic heterocycles. The van der Waals surface area contributed by atoms with E-state index in [1.807, 2.05) is 24.3 Å². The van der Waals surface area contributed by atoms with Gasteiger partial charge in [-0.25, -0.2) is 0 Å². The Hall–Kier alpha value is -1.17. The first-order chi connectivity index (χ1) is 8.29. The van der Waals surface area contributed by atoms with Gasteiger partial charge in [-0.15, -0.1) is 10.2 Å². The number of rotatable bonds is 5. The van der Waals surface area contributed by atoms with E-state index in [2.05, 4.69) is 10.2 Å². The Morgan fingerprint density at radius 3 is 2.82 bits per heavy atom. The van der Waals surface area contributed by atoms with Crippen molar-refractivity contribution in [3.05, 3.63) is 39.3 Å². The van der Waals surface area contributed by atoms with Gasteiger partial charge in [0.25, 0.3) is 0 Å². The number of hydrogen-bond acceptors (Lipinski definition) is 5. The third-order valence-corrected chi connectivity index (χ3v) is 3.14. The molecule has 0 saturated carbocycles. The van der Waals surface area contributed by atoms with Gasteiger partial charge in [0.05, 0.1) is 0 Å². The molecule has 1 heterocycles. The van der Waals surface area contributed by atoms with Crippen LogP contribution >= 0.6 is 22.9 Å². The molecular weight excluding hydrogens is 260 g/mol. The number of aliphatic hydroxyl groups is 1. The second kappa shape index (κ2) is 5.95. The Bertz CT molecular complexity index is 490. The molecule has 2 rings (SSSR count). The van der Waals surface area contributed by atoms with Crippen LogP contribution in [0, 0.1) is 0 Å². The first-order valence-corrected chi connectivity index (χ1v) is 6.28. The number of aliphatic hydroxyl groups excluding tert-OH is 1. The van der Waals surface area contributed by atoms with E-state index >= 15 is 0 Å². The molecule has 1 N–H and O–H groups in total. The Balaban J connectivity index is 2.03. The number of para-hydroxylation sites is 1. The molecule has 0 aliphatic rings. The summed E-state index contributed by atoms with van der Waals surface area (Å²) in [6.07, 6.45) is 0.576. The van der Waals surface area contributed by atoms with Crippen molar-refractivity contribution >= 4 is 22.9 Å².